The molecule has 0 bridgehead atoms. The molecule has 1 N–H and O–H groups in total. The smallest absolute Gasteiger partial charge is 0.243 e. The topological polar surface area (TPSA) is 66.5 Å². The lowest BCUT2D eigenvalue weighted by Gasteiger charge is -2.22. The van der Waals surface area contributed by atoms with Gasteiger partial charge in [-0.05, 0) is 54.4 Å². The van der Waals surface area contributed by atoms with Gasteiger partial charge < -0.3 is 5.32 Å². The quantitative estimate of drug-likeness (QED) is 0.639. The van der Waals surface area contributed by atoms with Gasteiger partial charge in [-0.3, -0.25) is 4.79 Å². The van der Waals surface area contributed by atoms with Crippen molar-refractivity contribution >= 4 is 21.6 Å². The maximum atomic E-state index is 13.2. The number of carbonyl (C=O) groups excluding carboxylic acids is 1. The van der Waals surface area contributed by atoms with E-state index in [-0.39, 0.29) is 18.0 Å². The zero-order chi connectivity index (χ0) is 20.9. The summed E-state index contributed by atoms with van der Waals surface area (Å²) in [5.74, 6) is -0.931. The van der Waals surface area contributed by atoms with E-state index in [0.717, 1.165) is 15.4 Å². The highest BCUT2D eigenvalue weighted by Gasteiger charge is 2.27. The number of nitrogens with one attached hydrogen (secondary N) is 1. The van der Waals surface area contributed by atoms with Crippen LogP contribution in [0.5, 0.6) is 0 Å². The molecule has 3 aromatic rings. The van der Waals surface area contributed by atoms with E-state index in [1.54, 1.807) is 24.3 Å². The lowest BCUT2D eigenvalue weighted by Crippen LogP contribution is -2.37. The first-order valence-corrected chi connectivity index (χ1v) is 10.4. The zero-order valence-electron chi connectivity index (χ0n) is 15.9. The fourth-order valence-corrected chi connectivity index (χ4v) is 4.32. The SMILES string of the molecule is Cc1cccc(S(=O)(=O)N(CC(=O)Nc2ccc(F)cc2)Cc2ccccc2)c1. The van der Waals surface area contributed by atoms with E-state index in [1.165, 1.54) is 30.3 Å². The van der Waals surface area contributed by atoms with E-state index in [0.29, 0.717) is 5.69 Å². The second-order valence-electron chi connectivity index (χ2n) is 6.63. The number of aryl methyl sites for hydroxylation is 1. The Hall–Kier alpha value is -3.03. The minimum atomic E-state index is -3.90. The molecule has 3 aromatic carbocycles. The second-order valence-corrected chi connectivity index (χ2v) is 8.57. The lowest BCUT2D eigenvalue weighted by molar-refractivity contribution is -0.116. The van der Waals surface area contributed by atoms with Crippen LogP contribution in [0.4, 0.5) is 10.1 Å². The number of carbonyl (C=O) groups is 1. The van der Waals surface area contributed by atoms with Gasteiger partial charge in [-0.25, -0.2) is 12.8 Å². The molecule has 3 rings (SSSR count). The number of anilines is 1. The molecule has 5 nitrogen and oxygen atoms in total. The maximum Gasteiger partial charge on any atom is 0.243 e. The van der Waals surface area contributed by atoms with Gasteiger partial charge in [0, 0.05) is 12.2 Å². The van der Waals surface area contributed by atoms with Crippen molar-refractivity contribution in [3.05, 3.63) is 95.8 Å². The molecule has 0 aliphatic carbocycles. The van der Waals surface area contributed by atoms with Crippen LogP contribution in [0.3, 0.4) is 0 Å². The van der Waals surface area contributed by atoms with Crippen LogP contribution < -0.4 is 5.32 Å². The van der Waals surface area contributed by atoms with Crippen molar-refractivity contribution in [3.8, 4) is 0 Å². The molecule has 0 unspecified atom stereocenters. The summed E-state index contributed by atoms with van der Waals surface area (Å²) in [6, 6.07) is 20.9. The normalized spacial score (nSPS) is 11.4. The van der Waals surface area contributed by atoms with Crippen molar-refractivity contribution in [1.82, 2.24) is 4.31 Å². The van der Waals surface area contributed by atoms with Crippen molar-refractivity contribution in [2.24, 2.45) is 0 Å². The summed E-state index contributed by atoms with van der Waals surface area (Å²) in [6.45, 7) is 1.48. The lowest BCUT2D eigenvalue weighted by atomic mass is 10.2. The second kappa shape index (κ2) is 8.98. The van der Waals surface area contributed by atoms with Gasteiger partial charge in [-0.15, -0.1) is 0 Å². The molecular weight excluding hydrogens is 391 g/mol. The summed E-state index contributed by atoms with van der Waals surface area (Å²) >= 11 is 0. The van der Waals surface area contributed by atoms with E-state index in [1.807, 2.05) is 31.2 Å². The number of amides is 1. The summed E-state index contributed by atoms with van der Waals surface area (Å²) in [7, 11) is -3.90. The molecule has 7 heteroatoms. The molecule has 0 atom stereocenters. The standard InChI is InChI=1S/C22H21FN2O3S/c1-17-6-5-9-21(14-17)29(27,28)25(15-18-7-3-2-4-8-18)16-22(26)24-20-12-10-19(23)11-13-20/h2-14H,15-16H2,1H3,(H,24,26). The molecule has 0 aliphatic rings. The van der Waals surface area contributed by atoms with Crippen LogP contribution in [-0.4, -0.2) is 25.2 Å². The number of sulfonamides is 1. The third-order valence-electron chi connectivity index (χ3n) is 4.28. The van der Waals surface area contributed by atoms with Crippen LogP contribution in [0, 0.1) is 12.7 Å². The summed E-state index contributed by atoms with van der Waals surface area (Å²) < 4.78 is 40.6. The first kappa shape index (κ1) is 20.7. The molecule has 1 amide bonds. The monoisotopic (exact) mass is 412 g/mol. The Bertz CT molecular complexity index is 1080. The molecule has 0 saturated heterocycles. The molecule has 0 fully saturated rings. The molecule has 0 aliphatic heterocycles. The van der Waals surface area contributed by atoms with Crippen LogP contribution >= 0.6 is 0 Å². The summed E-state index contributed by atoms with van der Waals surface area (Å²) in [5.41, 5.74) is 1.96. The Morgan fingerprint density at radius 1 is 0.966 bits per heavy atom. The van der Waals surface area contributed by atoms with Gasteiger partial charge in [-0.1, -0.05) is 42.5 Å². The maximum absolute atomic E-state index is 13.2. The van der Waals surface area contributed by atoms with Gasteiger partial charge in [0.2, 0.25) is 15.9 Å². The van der Waals surface area contributed by atoms with Gasteiger partial charge in [0.25, 0.3) is 0 Å². The fraction of sp³-hybridized carbons (Fsp3) is 0.136. The van der Waals surface area contributed by atoms with Crippen molar-refractivity contribution in [1.29, 1.82) is 0 Å². The highest BCUT2D eigenvalue weighted by Crippen LogP contribution is 2.20. The van der Waals surface area contributed by atoms with Crippen LogP contribution in [0.2, 0.25) is 0 Å². The molecule has 0 saturated carbocycles. The molecule has 0 radical (unpaired) electrons. The molecule has 0 heterocycles. The third kappa shape index (κ3) is 5.49. The number of halogens is 1. The first-order valence-electron chi connectivity index (χ1n) is 9.01. The van der Waals surface area contributed by atoms with E-state index < -0.39 is 21.7 Å². The minimum Gasteiger partial charge on any atom is -0.325 e. The summed E-state index contributed by atoms with van der Waals surface area (Å²) in [5, 5.41) is 2.61. The summed E-state index contributed by atoms with van der Waals surface area (Å²) in [6.07, 6.45) is 0. The molecule has 0 aromatic heterocycles. The Morgan fingerprint density at radius 2 is 1.66 bits per heavy atom. The predicted octanol–water partition coefficient (Wildman–Crippen LogP) is 3.96. The Kier molecular flexibility index (Phi) is 6.41. The van der Waals surface area contributed by atoms with Crippen LogP contribution in [-0.2, 0) is 21.4 Å². The van der Waals surface area contributed by atoms with Gasteiger partial charge in [-0.2, -0.15) is 4.31 Å². The highest BCUT2D eigenvalue weighted by molar-refractivity contribution is 7.89. The average Bonchev–Trinajstić information content (AvgIpc) is 2.70. The number of rotatable bonds is 7. The van der Waals surface area contributed by atoms with E-state index in [4.69, 9.17) is 0 Å². The Balaban J connectivity index is 1.86. The molecule has 29 heavy (non-hydrogen) atoms. The number of benzene rings is 3. The number of nitrogens with zero attached hydrogens (tertiary/aromatic N) is 1. The van der Waals surface area contributed by atoms with E-state index in [9.17, 15) is 17.6 Å². The molecular formula is C22H21FN2O3S. The number of hydrogen-bond donors (Lipinski definition) is 1. The van der Waals surface area contributed by atoms with Crippen LogP contribution in [0.1, 0.15) is 11.1 Å². The van der Waals surface area contributed by atoms with Gasteiger partial charge in [0.1, 0.15) is 5.82 Å². The van der Waals surface area contributed by atoms with Crippen LogP contribution in [0.25, 0.3) is 0 Å². The number of hydrogen-bond acceptors (Lipinski definition) is 3. The predicted molar refractivity (Wildman–Crippen MR) is 110 cm³/mol. The molecule has 0 spiro atoms. The van der Waals surface area contributed by atoms with Crippen molar-refractivity contribution in [3.63, 3.8) is 0 Å². The van der Waals surface area contributed by atoms with Crippen molar-refractivity contribution in [2.45, 2.75) is 18.4 Å². The Morgan fingerprint density at radius 3 is 2.31 bits per heavy atom. The van der Waals surface area contributed by atoms with Gasteiger partial charge in [0.05, 0.1) is 11.4 Å². The zero-order valence-corrected chi connectivity index (χ0v) is 16.7. The minimum absolute atomic E-state index is 0.0496. The largest absolute Gasteiger partial charge is 0.325 e. The van der Waals surface area contributed by atoms with Gasteiger partial charge >= 0.3 is 0 Å². The Labute approximate surface area is 169 Å². The van der Waals surface area contributed by atoms with E-state index >= 15 is 0 Å². The fourth-order valence-electron chi connectivity index (χ4n) is 2.83. The van der Waals surface area contributed by atoms with Crippen LogP contribution in [0.15, 0.2) is 83.8 Å². The van der Waals surface area contributed by atoms with Crippen molar-refractivity contribution < 1.29 is 17.6 Å². The first-order chi connectivity index (χ1) is 13.8. The van der Waals surface area contributed by atoms with Gasteiger partial charge in [0.15, 0.2) is 0 Å². The van der Waals surface area contributed by atoms with E-state index in [2.05, 4.69) is 5.32 Å². The average molecular weight is 412 g/mol. The third-order valence-corrected chi connectivity index (χ3v) is 6.06. The highest BCUT2D eigenvalue weighted by atomic mass is 32.2. The van der Waals surface area contributed by atoms with Crippen molar-refractivity contribution in [2.75, 3.05) is 11.9 Å². The molecule has 150 valence electrons. The summed E-state index contributed by atoms with van der Waals surface area (Å²) in [4.78, 5) is 12.7.